The minimum Gasteiger partial charge on any atom is -0.399 e. The Kier molecular flexibility index (Phi) is 20.0. The summed E-state index contributed by atoms with van der Waals surface area (Å²) < 4.78 is 12.7. The summed E-state index contributed by atoms with van der Waals surface area (Å²) in [6, 6.07) is 31.6. The maximum atomic E-state index is 11.6. The SMILES string of the molecule is CCC(O)(CC)CCc1ccc(C(CC)(CC)c2ccc(-c3cc(CC(C)=O)ccn3)c(C)c2)cc1C.CCC(O)(CC)CCc1ccc(C(CC)(CC)c2ccc(B3OC(C)(C)C(C)(C)O3)c(C)c2)cc1C. The fourth-order valence-corrected chi connectivity index (χ4v) is 11.4. The van der Waals surface area contributed by atoms with Crippen LogP contribution in [0.4, 0.5) is 0 Å². The zero-order valence-corrected chi connectivity index (χ0v) is 48.5. The number of hydrogen-bond donors (Lipinski definition) is 2. The van der Waals surface area contributed by atoms with Crippen LogP contribution in [-0.2, 0) is 44.2 Å². The number of nitrogens with zero attached hydrogens (tertiary/aromatic N) is 1. The quantitative estimate of drug-likeness (QED) is 0.0672. The first kappa shape index (κ1) is 59.5. The molecule has 0 saturated carbocycles. The number of hydrogen-bond acceptors (Lipinski definition) is 6. The topological polar surface area (TPSA) is 88.9 Å². The van der Waals surface area contributed by atoms with E-state index in [0.29, 0.717) is 6.42 Å². The van der Waals surface area contributed by atoms with Gasteiger partial charge >= 0.3 is 7.12 Å². The van der Waals surface area contributed by atoms with Crippen LogP contribution in [-0.4, -0.2) is 50.5 Å². The summed E-state index contributed by atoms with van der Waals surface area (Å²) in [5.41, 5.74) is 15.3. The molecule has 396 valence electrons. The van der Waals surface area contributed by atoms with Gasteiger partial charge < -0.3 is 19.5 Å². The number of benzene rings is 4. The molecule has 2 heterocycles. The monoisotopic (exact) mass is 992 g/mol. The van der Waals surface area contributed by atoms with Gasteiger partial charge in [-0.05, 0) is 213 Å². The molecule has 4 aromatic carbocycles. The van der Waals surface area contributed by atoms with Gasteiger partial charge in [0.25, 0.3) is 0 Å². The van der Waals surface area contributed by atoms with E-state index in [9.17, 15) is 15.0 Å². The molecule has 1 saturated heterocycles. The van der Waals surface area contributed by atoms with Crippen molar-refractivity contribution in [2.45, 2.75) is 234 Å². The van der Waals surface area contributed by atoms with Crippen LogP contribution < -0.4 is 5.46 Å². The first-order valence-electron chi connectivity index (χ1n) is 28.1. The van der Waals surface area contributed by atoms with Crippen molar-refractivity contribution in [2.75, 3.05) is 0 Å². The molecular weight excluding hydrogens is 898 g/mol. The normalized spacial score (nSPS) is 14.8. The number of carbonyl (C=O) groups excluding carboxylic acids is 1. The van der Waals surface area contributed by atoms with Crippen LogP contribution in [0.25, 0.3) is 11.3 Å². The Morgan fingerprint density at radius 1 is 0.534 bits per heavy atom. The third kappa shape index (κ3) is 13.2. The second-order valence-corrected chi connectivity index (χ2v) is 22.8. The predicted octanol–water partition coefficient (Wildman–Crippen LogP) is 15.3. The summed E-state index contributed by atoms with van der Waals surface area (Å²) in [6.07, 6.45) is 12.9. The minimum atomic E-state index is -0.568. The lowest BCUT2D eigenvalue weighted by molar-refractivity contribution is -0.116. The Morgan fingerprint density at radius 2 is 0.932 bits per heavy atom. The summed E-state index contributed by atoms with van der Waals surface area (Å²) in [7, 11) is -0.340. The van der Waals surface area contributed by atoms with Crippen LogP contribution in [0.5, 0.6) is 0 Å². The Bertz CT molecular complexity index is 2610. The van der Waals surface area contributed by atoms with E-state index in [1.807, 2.05) is 12.1 Å². The van der Waals surface area contributed by atoms with Crippen molar-refractivity contribution in [3.8, 4) is 11.3 Å². The van der Waals surface area contributed by atoms with Gasteiger partial charge in [-0.25, -0.2) is 0 Å². The zero-order chi connectivity index (χ0) is 54.2. The summed E-state index contributed by atoms with van der Waals surface area (Å²) in [5.74, 6) is 0.160. The van der Waals surface area contributed by atoms with Gasteiger partial charge in [-0.1, -0.05) is 134 Å². The standard InChI is InChI=1S/C34H45NO2.C32H49BO3/c1-8-33(37,9-2)18-16-28-12-13-29(20-24(28)5)34(10-3,11-4)30-14-15-31(25(6)21-30)32-23-27(17-19-35-32)22-26(7)36;1-11-31(34,12-2)20-19-25-15-16-26(21-23(25)5)32(13-3,14-4)27-17-18-28(24(6)22-27)33-35-29(7,8)30(9,10)36-33/h12-15,17,19-21,23,37H,8-11,16,18,22H2,1-7H3;15-18,21-22,34H,11-14,19-20H2,1-10H3. The van der Waals surface area contributed by atoms with Crippen molar-refractivity contribution in [3.63, 3.8) is 0 Å². The average Bonchev–Trinajstić information content (AvgIpc) is 3.59. The van der Waals surface area contributed by atoms with Crippen LogP contribution in [0, 0.1) is 27.7 Å². The molecule has 0 spiro atoms. The fourth-order valence-electron chi connectivity index (χ4n) is 11.4. The number of carbonyl (C=O) groups is 1. The molecule has 1 aliphatic rings. The molecule has 2 N–H and O–H groups in total. The van der Waals surface area contributed by atoms with Crippen LogP contribution >= 0.6 is 0 Å². The molecule has 7 heteroatoms. The number of aryl methyl sites for hydroxylation is 6. The zero-order valence-electron chi connectivity index (χ0n) is 48.5. The molecule has 0 aliphatic carbocycles. The fraction of sp³-hybridized carbons (Fsp3) is 0.545. The van der Waals surface area contributed by atoms with E-state index in [1.165, 1.54) is 55.6 Å². The third-order valence-corrected chi connectivity index (χ3v) is 18.2. The van der Waals surface area contributed by atoms with Crippen molar-refractivity contribution < 1.29 is 24.3 Å². The second kappa shape index (κ2) is 24.5. The van der Waals surface area contributed by atoms with Crippen LogP contribution in [0.1, 0.15) is 215 Å². The van der Waals surface area contributed by atoms with Gasteiger partial charge in [0, 0.05) is 29.0 Å². The van der Waals surface area contributed by atoms with Gasteiger partial charge in [-0.3, -0.25) is 9.78 Å². The number of rotatable bonds is 22. The highest BCUT2D eigenvalue weighted by Crippen LogP contribution is 2.43. The summed E-state index contributed by atoms with van der Waals surface area (Å²) in [4.78, 5) is 16.2. The van der Waals surface area contributed by atoms with E-state index >= 15 is 0 Å². The molecule has 6 rings (SSSR count). The van der Waals surface area contributed by atoms with E-state index in [2.05, 4.69) is 189 Å². The molecule has 1 fully saturated rings. The average molecular weight is 992 g/mol. The van der Waals surface area contributed by atoms with Gasteiger partial charge in [-0.15, -0.1) is 0 Å². The van der Waals surface area contributed by atoms with Crippen molar-refractivity contribution in [1.82, 2.24) is 4.98 Å². The molecule has 5 aromatic rings. The van der Waals surface area contributed by atoms with Gasteiger partial charge in [0.1, 0.15) is 5.78 Å². The lowest BCUT2D eigenvalue weighted by atomic mass is 9.67. The molecule has 0 radical (unpaired) electrons. The van der Waals surface area contributed by atoms with Gasteiger partial charge in [0.2, 0.25) is 0 Å². The molecule has 0 unspecified atom stereocenters. The number of aromatic nitrogens is 1. The minimum absolute atomic E-state index is 0.0455. The van der Waals surface area contributed by atoms with E-state index in [1.54, 1.807) is 13.1 Å². The van der Waals surface area contributed by atoms with Gasteiger partial charge in [0.15, 0.2) is 0 Å². The van der Waals surface area contributed by atoms with Crippen LogP contribution in [0.2, 0.25) is 0 Å². The highest BCUT2D eigenvalue weighted by Gasteiger charge is 2.52. The first-order valence-corrected chi connectivity index (χ1v) is 28.1. The number of aliphatic hydroxyl groups is 2. The van der Waals surface area contributed by atoms with Crippen molar-refractivity contribution in [2.24, 2.45) is 0 Å². The summed E-state index contributed by atoms with van der Waals surface area (Å²) in [6.45, 7) is 36.3. The number of ketones is 1. The smallest absolute Gasteiger partial charge is 0.399 e. The molecule has 73 heavy (non-hydrogen) atoms. The molecule has 6 nitrogen and oxygen atoms in total. The van der Waals surface area contributed by atoms with Crippen molar-refractivity contribution in [1.29, 1.82) is 0 Å². The Hall–Kier alpha value is -4.40. The maximum Gasteiger partial charge on any atom is 0.495 e. The van der Waals surface area contributed by atoms with Crippen LogP contribution in [0.15, 0.2) is 91.1 Å². The van der Waals surface area contributed by atoms with E-state index < -0.39 is 11.2 Å². The maximum absolute atomic E-state index is 11.6. The number of Topliss-reactive ketones (excluding diaryl/α,β-unsaturated/α-hetero) is 1. The van der Waals surface area contributed by atoms with E-state index in [4.69, 9.17) is 9.31 Å². The molecular formula is C66H94BNO5. The Labute approximate surface area is 443 Å². The molecule has 0 bridgehead atoms. The van der Waals surface area contributed by atoms with Gasteiger partial charge in [-0.2, -0.15) is 0 Å². The molecule has 0 atom stereocenters. The lowest BCUT2D eigenvalue weighted by Gasteiger charge is -2.34. The summed E-state index contributed by atoms with van der Waals surface area (Å²) in [5, 5.41) is 21.5. The second-order valence-electron chi connectivity index (χ2n) is 22.8. The predicted molar refractivity (Wildman–Crippen MR) is 308 cm³/mol. The van der Waals surface area contributed by atoms with E-state index in [0.717, 1.165) is 99.3 Å². The highest BCUT2D eigenvalue weighted by molar-refractivity contribution is 6.62. The lowest BCUT2D eigenvalue weighted by Crippen LogP contribution is -2.41. The highest BCUT2D eigenvalue weighted by atomic mass is 16.7. The van der Waals surface area contributed by atoms with Gasteiger partial charge in [0.05, 0.1) is 28.1 Å². The third-order valence-electron chi connectivity index (χ3n) is 18.2. The van der Waals surface area contributed by atoms with E-state index in [-0.39, 0.29) is 34.9 Å². The largest absolute Gasteiger partial charge is 0.495 e. The Morgan fingerprint density at radius 3 is 1.30 bits per heavy atom. The van der Waals surface area contributed by atoms with Crippen LogP contribution in [0.3, 0.4) is 0 Å². The van der Waals surface area contributed by atoms with Crippen molar-refractivity contribution in [3.05, 3.63) is 152 Å². The van der Waals surface area contributed by atoms with Crippen molar-refractivity contribution >= 4 is 18.4 Å². The first-order chi connectivity index (χ1) is 34.4. The Balaban J connectivity index is 0.000000271. The number of pyridine rings is 1. The summed E-state index contributed by atoms with van der Waals surface area (Å²) >= 11 is 0. The molecule has 1 aromatic heterocycles. The molecule has 0 amide bonds. The molecule has 1 aliphatic heterocycles.